The molecule has 1 rings (SSSR count). The lowest BCUT2D eigenvalue weighted by Crippen LogP contribution is -2.61. The number of nitrogens with one attached hydrogen (secondary N) is 6. The molecule has 21 nitrogen and oxygen atoms in total. The van der Waals surface area contributed by atoms with E-state index in [0.29, 0.717) is 12.0 Å². The van der Waals surface area contributed by atoms with E-state index in [1.54, 1.807) is 26.0 Å². The van der Waals surface area contributed by atoms with E-state index in [1.807, 2.05) is 0 Å². The third-order valence-electron chi connectivity index (χ3n) is 7.98. The summed E-state index contributed by atoms with van der Waals surface area (Å²) >= 11 is 0. The van der Waals surface area contributed by atoms with Crippen molar-refractivity contribution in [3.63, 3.8) is 0 Å². The molecule has 53 heavy (non-hydrogen) atoms. The van der Waals surface area contributed by atoms with E-state index in [4.69, 9.17) is 10.8 Å². The number of phenolic OH excluding ortho intramolecular Hbond substituents is 1. The number of aliphatic carboxylic acids is 2. The van der Waals surface area contributed by atoms with Crippen LogP contribution in [0.5, 0.6) is 5.75 Å². The first kappa shape index (κ1) is 45.6. The quantitative estimate of drug-likeness (QED) is 0.0498. The normalized spacial score (nSPS) is 15.5. The molecule has 14 N–H and O–H groups in total. The fourth-order valence-corrected chi connectivity index (χ4v) is 4.53. The van der Waals surface area contributed by atoms with Gasteiger partial charge in [0.2, 0.25) is 35.4 Å². The number of aromatic hydroxyl groups is 1. The Kier molecular flexibility index (Phi) is 19.4. The fourth-order valence-electron chi connectivity index (χ4n) is 4.53. The molecule has 0 spiro atoms. The van der Waals surface area contributed by atoms with E-state index in [2.05, 4.69) is 31.9 Å². The van der Waals surface area contributed by atoms with Crippen molar-refractivity contribution >= 4 is 47.4 Å². The van der Waals surface area contributed by atoms with Gasteiger partial charge in [-0.25, -0.2) is 4.79 Å². The van der Waals surface area contributed by atoms with Gasteiger partial charge in [-0.1, -0.05) is 32.4 Å². The van der Waals surface area contributed by atoms with Gasteiger partial charge in [0.1, 0.15) is 42.0 Å². The summed E-state index contributed by atoms with van der Waals surface area (Å²) in [6.07, 6.45) is -0.868. The molecule has 296 valence electrons. The number of aliphatic hydroxyl groups excluding tert-OH is 3. The lowest BCUT2D eigenvalue weighted by atomic mass is 9.97. The third-order valence-corrected chi connectivity index (χ3v) is 7.98. The zero-order chi connectivity index (χ0) is 40.4. The predicted octanol–water partition coefficient (Wildman–Crippen LogP) is -4.84. The van der Waals surface area contributed by atoms with E-state index < -0.39 is 128 Å². The Morgan fingerprint density at radius 2 is 1.11 bits per heavy atom. The van der Waals surface area contributed by atoms with Crippen molar-refractivity contribution in [1.82, 2.24) is 31.9 Å². The number of hydrogen-bond acceptors (Lipinski definition) is 13. The molecule has 1 aromatic carbocycles. The number of aliphatic hydroxyl groups is 3. The van der Waals surface area contributed by atoms with Crippen LogP contribution in [-0.4, -0.2) is 140 Å². The third kappa shape index (κ3) is 15.4. The van der Waals surface area contributed by atoms with Crippen molar-refractivity contribution in [3.05, 3.63) is 29.8 Å². The second-order valence-electron chi connectivity index (χ2n) is 12.1. The van der Waals surface area contributed by atoms with Gasteiger partial charge in [-0.2, -0.15) is 0 Å². The fraction of sp³-hybridized carbons (Fsp3) is 0.562. The molecule has 0 heterocycles. The van der Waals surface area contributed by atoms with E-state index >= 15 is 0 Å². The first-order chi connectivity index (χ1) is 24.9. The van der Waals surface area contributed by atoms with E-state index in [-0.39, 0.29) is 12.2 Å². The Balaban J connectivity index is 3.00. The first-order valence-corrected chi connectivity index (χ1v) is 16.5. The zero-order valence-electron chi connectivity index (χ0n) is 29.4. The number of hydrogen-bond donors (Lipinski definition) is 13. The molecular formula is C32H49N7O14. The van der Waals surface area contributed by atoms with Crippen molar-refractivity contribution in [3.8, 4) is 5.75 Å². The standard InChI is InChI=1S/C32H49N7O14/c1-4-15(2)25(31(51)38-23(14-42)32(52)53)39-30(50)22(13-41)37-28(48)20(9-10-24(44)45)35-29(49)21(12-40)36-26(46)16(3)34-27(47)19(33)11-17-5-7-18(43)8-6-17/h5-8,15-16,19-23,25,40-43H,4,9-14,33H2,1-3H3,(H,34,47)(H,35,49)(H,36,46)(H,37,48)(H,38,51)(H,39,50)(H,44,45)(H,52,53). The van der Waals surface area contributed by atoms with Crippen molar-refractivity contribution < 1.29 is 69.0 Å². The van der Waals surface area contributed by atoms with Gasteiger partial charge in [0.15, 0.2) is 0 Å². The molecule has 6 amide bonds. The van der Waals surface area contributed by atoms with Crippen LogP contribution in [0.2, 0.25) is 0 Å². The summed E-state index contributed by atoms with van der Waals surface area (Å²) in [6, 6.07) is -4.71. The first-order valence-electron chi connectivity index (χ1n) is 16.5. The van der Waals surface area contributed by atoms with E-state index in [1.165, 1.54) is 19.1 Å². The molecule has 0 aliphatic heterocycles. The monoisotopic (exact) mass is 755 g/mol. The maximum atomic E-state index is 13.2. The molecule has 0 saturated heterocycles. The van der Waals surface area contributed by atoms with Crippen molar-refractivity contribution in [2.45, 2.75) is 88.7 Å². The van der Waals surface area contributed by atoms with Crippen molar-refractivity contribution in [1.29, 1.82) is 0 Å². The summed E-state index contributed by atoms with van der Waals surface area (Å²) in [5.74, 6) is -9.61. The predicted molar refractivity (Wildman–Crippen MR) is 182 cm³/mol. The molecule has 0 aromatic heterocycles. The number of amides is 6. The van der Waals surface area contributed by atoms with Gasteiger partial charge in [0, 0.05) is 6.42 Å². The summed E-state index contributed by atoms with van der Waals surface area (Å²) in [5, 5.41) is 70.0. The van der Waals surface area contributed by atoms with Gasteiger partial charge >= 0.3 is 11.9 Å². The van der Waals surface area contributed by atoms with E-state index in [9.17, 15) is 63.9 Å². The molecular weight excluding hydrogens is 706 g/mol. The molecule has 8 atom stereocenters. The number of carbonyl (C=O) groups is 8. The molecule has 0 aliphatic rings. The summed E-state index contributed by atoms with van der Waals surface area (Å²) in [6.45, 7) is 1.47. The van der Waals surface area contributed by atoms with Crippen LogP contribution < -0.4 is 37.6 Å². The number of rotatable bonds is 23. The average molecular weight is 756 g/mol. The van der Waals surface area contributed by atoms with E-state index in [0.717, 1.165) is 0 Å². The van der Waals surface area contributed by atoms with Crippen LogP contribution >= 0.6 is 0 Å². The SMILES string of the molecule is CCC(C)C(NC(=O)C(CO)NC(=O)C(CCC(=O)O)NC(=O)C(CO)NC(=O)C(C)NC(=O)C(N)Cc1ccc(O)cc1)C(=O)NC(CO)C(=O)O. The highest BCUT2D eigenvalue weighted by Crippen LogP contribution is 2.12. The minimum atomic E-state index is -1.77. The molecule has 0 saturated carbocycles. The molecule has 0 aliphatic carbocycles. The van der Waals surface area contributed by atoms with Gasteiger partial charge in [0.25, 0.3) is 0 Å². The smallest absolute Gasteiger partial charge is 0.328 e. The molecule has 0 radical (unpaired) electrons. The molecule has 1 aromatic rings. The number of nitrogens with two attached hydrogens (primary N) is 1. The summed E-state index contributed by atoms with van der Waals surface area (Å²) in [7, 11) is 0. The lowest BCUT2D eigenvalue weighted by Gasteiger charge is -2.28. The summed E-state index contributed by atoms with van der Waals surface area (Å²) in [4.78, 5) is 100. The topological polar surface area (TPSA) is 356 Å². The van der Waals surface area contributed by atoms with Crippen molar-refractivity contribution in [2.75, 3.05) is 19.8 Å². The van der Waals surface area contributed by atoms with Crippen LogP contribution in [0.25, 0.3) is 0 Å². The molecule has 0 fully saturated rings. The Bertz CT molecular complexity index is 1440. The highest BCUT2D eigenvalue weighted by Gasteiger charge is 2.34. The van der Waals surface area contributed by atoms with Gasteiger partial charge in [-0.3, -0.25) is 33.6 Å². The van der Waals surface area contributed by atoms with Crippen LogP contribution in [0, 0.1) is 5.92 Å². The van der Waals surface area contributed by atoms with Crippen LogP contribution in [0.15, 0.2) is 24.3 Å². The molecule has 8 unspecified atom stereocenters. The van der Waals surface area contributed by atoms with Crippen LogP contribution in [-0.2, 0) is 44.8 Å². The Labute approximate surface area is 304 Å². The van der Waals surface area contributed by atoms with Gasteiger partial charge in [-0.05, 0) is 43.4 Å². The number of benzene rings is 1. The second kappa shape index (κ2) is 22.5. The number of carboxylic acid groups (broad SMARTS) is 2. The maximum Gasteiger partial charge on any atom is 0.328 e. The highest BCUT2D eigenvalue weighted by molar-refractivity contribution is 5.97. The average Bonchev–Trinajstić information content (AvgIpc) is 3.11. The summed E-state index contributed by atoms with van der Waals surface area (Å²) < 4.78 is 0. The van der Waals surface area contributed by atoms with Gasteiger partial charge in [0.05, 0.1) is 25.9 Å². The lowest BCUT2D eigenvalue weighted by molar-refractivity contribution is -0.144. The molecule has 0 bridgehead atoms. The number of phenols is 1. The number of carbonyl (C=O) groups excluding carboxylic acids is 6. The Hall–Kier alpha value is -5.38. The minimum absolute atomic E-state index is 0.0130. The number of carboxylic acids is 2. The largest absolute Gasteiger partial charge is 0.508 e. The molecule has 21 heteroatoms. The van der Waals surface area contributed by atoms with Crippen LogP contribution in [0.3, 0.4) is 0 Å². The van der Waals surface area contributed by atoms with Gasteiger partial charge < -0.3 is 68.3 Å². The zero-order valence-corrected chi connectivity index (χ0v) is 29.4. The van der Waals surface area contributed by atoms with Crippen LogP contribution in [0.4, 0.5) is 0 Å². The second-order valence-corrected chi connectivity index (χ2v) is 12.1. The summed E-state index contributed by atoms with van der Waals surface area (Å²) in [5.41, 5.74) is 6.54. The van der Waals surface area contributed by atoms with Crippen molar-refractivity contribution in [2.24, 2.45) is 11.7 Å². The Morgan fingerprint density at radius 1 is 0.642 bits per heavy atom. The Morgan fingerprint density at radius 3 is 1.60 bits per heavy atom. The minimum Gasteiger partial charge on any atom is -0.508 e. The highest BCUT2D eigenvalue weighted by atomic mass is 16.4. The van der Waals surface area contributed by atoms with Crippen LogP contribution in [0.1, 0.15) is 45.6 Å². The maximum absolute atomic E-state index is 13.2. The van der Waals surface area contributed by atoms with Gasteiger partial charge in [-0.15, -0.1) is 0 Å².